The van der Waals surface area contributed by atoms with E-state index in [0.29, 0.717) is 24.4 Å². The smallest absolute Gasteiger partial charge is 0.416 e. The summed E-state index contributed by atoms with van der Waals surface area (Å²) in [6, 6.07) is 17.8. The number of carboxylic acids is 1. The Hall–Kier alpha value is -4.09. The molecule has 1 aromatic heterocycles. The third-order valence-electron chi connectivity index (χ3n) is 7.86. The lowest BCUT2D eigenvalue weighted by Crippen LogP contribution is -2.46. The number of nitrogens with zero attached hydrogens (tertiary/aromatic N) is 4. The van der Waals surface area contributed by atoms with E-state index >= 15 is 0 Å². The number of aromatic nitrogens is 2. The lowest BCUT2D eigenvalue weighted by Gasteiger charge is -2.36. The number of carbonyl (C=O) groups is 1. The van der Waals surface area contributed by atoms with Crippen molar-refractivity contribution in [3.8, 4) is 5.75 Å². The fourth-order valence-electron chi connectivity index (χ4n) is 5.35. The molecule has 1 atom stereocenters. The highest BCUT2D eigenvalue weighted by atomic mass is 19.4. The first kappa shape index (κ1) is 28.0. The molecule has 0 radical (unpaired) electrons. The standard InChI is InChI=1S/C31H31F3N4O4/c32-31(33,34)23-7-4-21(5-8-23)20-42-25-3-1-2-24(17-25)37-13-11-36(12-14-37)19-29-35-27-9-6-22(30(39)40)16-28(27)38(29)18-26-10-15-41-26/h1-9,16-17,26H,10-15,18-20H2,(H,39,40). The van der Waals surface area contributed by atoms with Crippen molar-refractivity contribution in [3.63, 3.8) is 0 Å². The molecular weight excluding hydrogens is 549 g/mol. The molecule has 0 spiro atoms. The highest BCUT2D eigenvalue weighted by molar-refractivity contribution is 5.92. The largest absolute Gasteiger partial charge is 0.489 e. The van der Waals surface area contributed by atoms with Crippen molar-refractivity contribution in [1.82, 2.24) is 14.5 Å². The molecule has 11 heteroatoms. The zero-order valence-electron chi connectivity index (χ0n) is 22.9. The van der Waals surface area contributed by atoms with Gasteiger partial charge in [-0.05, 0) is 54.4 Å². The third-order valence-corrected chi connectivity index (χ3v) is 7.86. The number of imidazole rings is 1. The molecule has 3 aromatic carbocycles. The first-order valence-electron chi connectivity index (χ1n) is 13.9. The molecule has 2 saturated heterocycles. The van der Waals surface area contributed by atoms with E-state index in [1.165, 1.54) is 12.1 Å². The predicted octanol–water partition coefficient (Wildman–Crippen LogP) is 5.44. The molecule has 2 fully saturated rings. The normalized spacial score (nSPS) is 17.8. The van der Waals surface area contributed by atoms with E-state index in [2.05, 4.69) is 14.4 Å². The molecule has 42 heavy (non-hydrogen) atoms. The number of halogens is 3. The van der Waals surface area contributed by atoms with Crippen LogP contribution in [0.1, 0.15) is 33.7 Å². The quantitative estimate of drug-likeness (QED) is 0.282. The van der Waals surface area contributed by atoms with Crippen LogP contribution in [0.2, 0.25) is 0 Å². The molecule has 8 nitrogen and oxygen atoms in total. The number of fused-ring (bicyclic) bond motifs is 1. The van der Waals surface area contributed by atoms with E-state index in [1.54, 1.807) is 18.2 Å². The Kier molecular flexibility index (Phi) is 7.78. The van der Waals surface area contributed by atoms with E-state index in [9.17, 15) is 23.1 Å². The summed E-state index contributed by atoms with van der Waals surface area (Å²) in [5.41, 5.74) is 2.84. The van der Waals surface area contributed by atoms with E-state index < -0.39 is 17.7 Å². The molecule has 2 aliphatic rings. The van der Waals surface area contributed by atoms with Crippen molar-refractivity contribution in [1.29, 1.82) is 0 Å². The molecule has 220 valence electrons. The van der Waals surface area contributed by atoms with Crippen molar-refractivity contribution in [2.75, 3.05) is 37.7 Å². The van der Waals surface area contributed by atoms with Crippen molar-refractivity contribution in [2.24, 2.45) is 0 Å². The molecule has 3 heterocycles. The minimum atomic E-state index is -4.36. The second kappa shape index (κ2) is 11.7. The minimum Gasteiger partial charge on any atom is -0.489 e. The Balaban J connectivity index is 1.08. The van der Waals surface area contributed by atoms with E-state index in [4.69, 9.17) is 14.5 Å². The van der Waals surface area contributed by atoms with Crippen molar-refractivity contribution >= 4 is 22.7 Å². The van der Waals surface area contributed by atoms with Crippen LogP contribution in [-0.2, 0) is 30.6 Å². The molecule has 0 aliphatic carbocycles. The van der Waals surface area contributed by atoms with Crippen molar-refractivity contribution < 1.29 is 32.5 Å². The number of aromatic carboxylic acids is 1. The molecular formula is C31H31F3N4O4. The van der Waals surface area contributed by atoms with Gasteiger partial charge in [-0.15, -0.1) is 0 Å². The Bertz CT molecular complexity index is 1560. The maximum absolute atomic E-state index is 12.8. The third kappa shape index (κ3) is 6.22. The Morgan fingerprint density at radius 3 is 2.45 bits per heavy atom. The molecule has 2 aliphatic heterocycles. The van der Waals surface area contributed by atoms with Crippen LogP contribution in [0.5, 0.6) is 5.75 Å². The maximum Gasteiger partial charge on any atom is 0.416 e. The van der Waals surface area contributed by atoms with Gasteiger partial charge in [0.15, 0.2) is 0 Å². The number of carboxylic acid groups (broad SMARTS) is 1. The number of anilines is 1. The van der Waals surface area contributed by atoms with E-state index in [1.807, 2.05) is 24.3 Å². The summed E-state index contributed by atoms with van der Waals surface area (Å²) >= 11 is 0. The maximum atomic E-state index is 12.8. The molecule has 0 bridgehead atoms. The van der Waals surface area contributed by atoms with Gasteiger partial charge in [-0.25, -0.2) is 9.78 Å². The topological polar surface area (TPSA) is 80.1 Å². The lowest BCUT2D eigenvalue weighted by molar-refractivity contribution is -0.137. The van der Waals surface area contributed by atoms with Gasteiger partial charge in [0.2, 0.25) is 0 Å². The fraction of sp³-hybridized carbons (Fsp3) is 0.355. The van der Waals surface area contributed by atoms with Crippen molar-refractivity contribution in [2.45, 2.75) is 38.4 Å². The van der Waals surface area contributed by atoms with Gasteiger partial charge in [0.25, 0.3) is 0 Å². The highest BCUT2D eigenvalue weighted by Crippen LogP contribution is 2.30. The molecule has 4 aromatic rings. The first-order chi connectivity index (χ1) is 20.2. The van der Waals surface area contributed by atoms with Crippen LogP contribution >= 0.6 is 0 Å². The summed E-state index contributed by atoms with van der Waals surface area (Å²) in [5.74, 6) is 0.592. The average Bonchev–Trinajstić information content (AvgIpc) is 3.30. The van der Waals surface area contributed by atoms with Gasteiger partial charge in [0.05, 0.1) is 41.4 Å². The molecule has 1 N–H and O–H groups in total. The zero-order chi connectivity index (χ0) is 29.3. The molecule has 0 saturated carbocycles. The molecule has 6 rings (SSSR count). The van der Waals surface area contributed by atoms with Gasteiger partial charge in [0, 0.05) is 44.5 Å². The van der Waals surface area contributed by atoms with E-state index in [-0.39, 0.29) is 18.3 Å². The van der Waals surface area contributed by atoms with Gasteiger partial charge in [-0.1, -0.05) is 18.2 Å². The summed E-state index contributed by atoms with van der Waals surface area (Å²) in [4.78, 5) is 21.1. The fourth-order valence-corrected chi connectivity index (χ4v) is 5.35. The van der Waals surface area contributed by atoms with Crippen LogP contribution in [0, 0.1) is 0 Å². The Morgan fingerprint density at radius 1 is 1.02 bits per heavy atom. The van der Waals surface area contributed by atoms with Crippen LogP contribution in [-0.4, -0.2) is 64.4 Å². The zero-order valence-corrected chi connectivity index (χ0v) is 22.9. The number of ether oxygens (including phenoxy) is 2. The number of alkyl halides is 3. The predicted molar refractivity (Wildman–Crippen MR) is 151 cm³/mol. The SMILES string of the molecule is O=C(O)c1ccc2nc(CN3CCN(c4cccc(OCc5ccc(C(F)(F)F)cc5)c4)CC3)n(CC3CCO3)c2c1. The number of hydrogen-bond donors (Lipinski definition) is 1. The number of rotatable bonds is 9. The molecule has 0 amide bonds. The lowest BCUT2D eigenvalue weighted by atomic mass is 10.1. The first-order valence-corrected chi connectivity index (χ1v) is 13.9. The second-order valence-corrected chi connectivity index (χ2v) is 10.7. The van der Waals surface area contributed by atoms with Gasteiger partial charge in [-0.2, -0.15) is 13.2 Å². The van der Waals surface area contributed by atoms with E-state index in [0.717, 1.165) is 73.9 Å². The highest BCUT2D eigenvalue weighted by Gasteiger charge is 2.30. The van der Waals surface area contributed by atoms with Crippen molar-refractivity contribution in [3.05, 3.63) is 89.2 Å². The van der Waals surface area contributed by atoms with Gasteiger partial charge in [-0.3, -0.25) is 4.90 Å². The van der Waals surface area contributed by atoms with Crippen LogP contribution in [0.25, 0.3) is 11.0 Å². The summed E-state index contributed by atoms with van der Waals surface area (Å²) in [7, 11) is 0. The Morgan fingerprint density at radius 2 is 1.79 bits per heavy atom. The number of hydrogen-bond acceptors (Lipinski definition) is 6. The number of benzene rings is 3. The summed E-state index contributed by atoms with van der Waals surface area (Å²) < 4.78 is 52.1. The summed E-state index contributed by atoms with van der Waals surface area (Å²) in [5, 5.41) is 9.48. The van der Waals surface area contributed by atoms with Crippen LogP contribution < -0.4 is 9.64 Å². The van der Waals surface area contributed by atoms with Crippen LogP contribution in [0.3, 0.4) is 0 Å². The van der Waals surface area contributed by atoms with Gasteiger partial charge in [0.1, 0.15) is 18.2 Å². The van der Waals surface area contributed by atoms with Gasteiger partial charge >= 0.3 is 12.1 Å². The van der Waals surface area contributed by atoms with Crippen LogP contribution in [0.4, 0.5) is 18.9 Å². The van der Waals surface area contributed by atoms with Crippen LogP contribution in [0.15, 0.2) is 66.7 Å². The molecule has 1 unspecified atom stereocenters. The summed E-state index contributed by atoms with van der Waals surface area (Å²) in [6.45, 7) is 5.46. The minimum absolute atomic E-state index is 0.111. The number of piperazine rings is 1. The summed E-state index contributed by atoms with van der Waals surface area (Å²) in [6.07, 6.45) is -3.27. The van der Waals surface area contributed by atoms with Gasteiger partial charge < -0.3 is 24.0 Å². The monoisotopic (exact) mass is 580 g/mol. The Labute approximate surface area is 240 Å². The average molecular weight is 581 g/mol. The second-order valence-electron chi connectivity index (χ2n) is 10.7.